The van der Waals surface area contributed by atoms with Crippen LogP contribution in [0.25, 0.3) is 28.0 Å². The number of fused-ring (bicyclic) bond motifs is 3. The van der Waals surface area contributed by atoms with E-state index in [4.69, 9.17) is 9.97 Å². The zero-order chi connectivity index (χ0) is 26.1. The Balaban J connectivity index is 1.22. The number of pyridine rings is 3. The van der Waals surface area contributed by atoms with E-state index in [-0.39, 0.29) is 0 Å². The van der Waals surface area contributed by atoms with Crippen LogP contribution in [-0.2, 0) is 12.8 Å². The van der Waals surface area contributed by atoms with Crippen molar-refractivity contribution in [2.45, 2.75) is 57.8 Å². The molecular weight excluding hydrogens is 478 g/mol. The van der Waals surface area contributed by atoms with Crippen molar-refractivity contribution < 1.29 is 8.78 Å². The predicted octanol–water partition coefficient (Wildman–Crippen LogP) is 7.17. The van der Waals surface area contributed by atoms with Crippen LogP contribution in [-0.4, -0.2) is 45.4 Å². The van der Waals surface area contributed by atoms with Gasteiger partial charge < -0.3 is 0 Å². The zero-order valence-corrected chi connectivity index (χ0v) is 22.0. The van der Waals surface area contributed by atoms with E-state index in [2.05, 4.69) is 34.2 Å². The molecule has 2 aliphatic carbocycles. The molecule has 1 saturated heterocycles. The van der Waals surface area contributed by atoms with Crippen LogP contribution in [0.1, 0.15) is 55.8 Å². The Morgan fingerprint density at radius 2 is 1.79 bits per heavy atom. The number of aryl methyl sites for hydroxylation is 2. The molecule has 0 atom stereocenters. The van der Waals surface area contributed by atoms with Crippen molar-refractivity contribution in [3.8, 4) is 22.4 Å². The van der Waals surface area contributed by atoms with E-state index in [1.165, 1.54) is 33.4 Å². The van der Waals surface area contributed by atoms with Gasteiger partial charge in [0.1, 0.15) is 0 Å². The molecule has 196 valence electrons. The van der Waals surface area contributed by atoms with Crippen molar-refractivity contribution in [2.75, 3.05) is 19.6 Å². The number of likely N-dealkylation sites (tertiary alicyclic amines) is 1. The summed E-state index contributed by atoms with van der Waals surface area (Å²) in [6.45, 7) is 3.46. The van der Waals surface area contributed by atoms with Gasteiger partial charge in [-0.25, -0.2) is 8.78 Å². The molecule has 0 bridgehead atoms. The second-order valence-corrected chi connectivity index (χ2v) is 11.1. The number of hydrogen-bond donors (Lipinski definition) is 0. The quantitative estimate of drug-likeness (QED) is 0.364. The molecular formula is C32H34F2N4. The number of nitrogens with zero attached hydrogens (tertiary/aromatic N) is 4. The molecule has 3 aliphatic rings. The van der Waals surface area contributed by atoms with Crippen LogP contribution in [0.3, 0.4) is 0 Å². The van der Waals surface area contributed by atoms with E-state index in [0.29, 0.717) is 12.8 Å². The first-order chi connectivity index (χ1) is 18.4. The molecule has 4 nitrogen and oxygen atoms in total. The molecule has 0 saturated carbocycles. The molecule has 1 aliphatic heterocycles. The van der Waals surface area contributed by atoms with Gasteiger partial charge >= 0.3 is 0 Å². The zero-order valence-electron chi connectivity index (χ0n) is 22.0. The predicted molar refractivity (Wildman–Crippen MR) is 148 cm³/mol. The first-order valence-corrected chi connectivity index (χ1v) is 13.8. The number of rotatable bonds is 5. The second kappa shape index (κ2) is 10.5. The lowest BCUT2D eigenvalue weighted by Gasteiger charge is -2.35. The third-order valence-corrected chi connectivity index (χ3v) is 8.40. The van der Waals surface area contributed by atoms with Crippen molar-refractivity contribution in [3.63, 3.8) is 0 Å². The number of allylic oxidation sites excluding steroid dienone is 3. The molecule has 0 N–H and O–H groups in total. The van der Waals surface area contributed by atoms with Crippen molar-refractivity contribution in [1.29, 1.82) is 0 Å². The highest BCUT2D eigenvalue weighted by Gasteiger charge is 2.36. The lowest BCUT2D eigenvalue weighted by molar-refractivity contribution is -0.0612. The first-order valence-electron chi connectivity index (χ1n) is 13.8. The lowest BCUT2D eigenvalue weighted by Crippen LogP contribution is -2.40. The summed E-state index contributed by atoms with van der Waals surface area (Å²) in [5.74, 6) is -3.04. The van der Waals surface area contributed by atoms with Crippen LogP contribution < -0.4 is 0 Å². The van der Waals surface area contributed by atoms with Gasteiger partial charge in [0.05, 0.1) is 5.69 Å². The van der Waals surface area contributed by atoms with Gasteiger partial charge in [-0.1, -0.05) is 17.7 Å². The summed E-state index contributed by atoms with van der Waals surface area (Å²) in [5.41, 5.74) is 10.7. The Kier molecular flexibility index (Phi) is 6.91. The molecule has 1 fully saturated rings. The summed E-state index contributed by atoms with van der Waals surface area (Å²) >= 11 is 0. The van der Waals surface area contributed by atoms with Gasteiger partial charge in [0, 0.05) is 54.1 Å². The molecule has 3 aromatic heterocycles. The topological polar surface area (TPSA) is 41.9 Å². The van der Waals surface area contributed by atoms with Crippen LogP contribution in [0.4, 0.5) is 8.78 Å². The van der Waals surface area contributed by atoms with E-state index >= 15 is 0 Å². The largest absolute Gasteiger partial charge is 0.299 e. The highest BCUT2D eigenvalue weighted by molar-refractivity contribution is 5.79. The third kappa shape index (κ3) is 5.32. The Hall–Kier alpha value is -3.25. The van der Waals surface area contributed by atoms with Gasteiger partial charge in [-0.05, 0) is 111 Å². The van der Waals surface area contributed by atoms with E-state index in [1.807, 2.05) is 30.7 Å². The normalized spacial score (nSPS) is 18.7. The van der Waals surface area contributed by atoms with Gasteiger partial charge in [-0.15, -0.1) is 0 Å². The van der Waals surface area contributed by atoms with Crippen LogP contribution in [0, 0.1) is 5.92 Å². The highest BCUT2D eigenvalue weighted by Crippen LogP contribution is 2.37. The SMILES string of the molecule is CC(F)(F)C1CCN(CC2=CC=C(c3cnc4c(c3)-c3cc(-c5cccnc5)ncc3CCC4)CC2)CC1. The van der Waals surface area contributed by atoms with Crippen molar-refractivity contribution in [2.24, 2.45) is 5.92 Å². The monoisotopic (exact) mass is 512 g/mol. The molecule has 0 aromatic carbocycles. The first kappa shape index (κ1) is 25.1. The van der Waals surface area contributed by atoms with E-state index in [9.17, 15) is 8.78 Å². The van der Waals surface area contributed by atoms with Crippen molar-refractivity contribution in [1.82, 2.24) is 19.9 Å². The van der Waals surface area contributed by atoms with Crippen LogP contribution in [0.2, 0.25) is 0 Å². The fourth-order valence-electron chi connectivity index (χ4n) is 6.09. The van der Waals surface area contributed by atoms with E-state index in [0.717, 1.165) is 75.6 Å². The second-order valence-electron chi connectivity index (χ2n) is 11.1. The average Bonchev–Trinajstić information content (AvgIpc) is 3.12. The molecule has 0 unspecified atom stereocenters. The molecule has 38 heavy (non-hydrogen) atoms. The van der Waals surface area contributed by atoms with Crippen LogP contribution in [0.5, 0.6) is 0 Å². The van der Waals surface area contributed by atoms with Crippen LogP contribution in [0.15, 0.2) is 66.8 Å². The van der Waals surface area contributed by atoms with Gasteiger partial charge in [0.25, 0.3) is 0 Å². The number of hydrogen-bond acceptors (Lipinski definition) is 4. The Bertz CT molecular complexity index is 1370. The summed E-state index contributed by atoms with van der Waals surface area (Å²) in [7, 11) is 0. The summed E-state index contributed by atoms with van der Waals surface area (Å²) in [5, 5.41) is 0. The summed E-state index contributed by atoms with van der Waals surface area (Å²) in [6, 6.07) is 8.51. The van der Waals surface area contributed by atoms with Gasteiger partial charge in [0.15, 0.2) is 0 Å². The maximum absolute atomic E-state index is 13.7. The van der Waals surface area contributed by atoms with Gasteiger partial charge in [-0.2, -0.15) is 0 Å². The smallest absolute Gasteiger partial charge is 0.248 e. The molecule has 3 aromatic rings. The number of aromatic nitrogens is 3. The average molecular weight is 513 g/mol. The fourth-order valence-corrected chi connectivity index (χ4v) is 6.09. The maximum Gasteiger partial charge on any atom is 0.248 e. The Labute approximate surface area is 223 Å². The summed E-state index contributed by atoms with van der Waals surface area (Å²) in [4.78, 5) is 16.3. The van der Waals surface area contributed by atoms with Crippen molar-refractivity contribution >= 4 is 5.57 Å². The minimum absolute atomic E-state index is 0.479. The molecule has 6 heteroatoms. The number of halogens is 2. The number of alkyl halides is 2. The maximum atomic E-state index is 13.7. The van der Waals surface area contributed by atoms with Gasteiger partial charge in [-0.3, -0.25) is 19.9 Å². The van der Waals surface area contributed by atoms with E-state index < -0.39 is 11.8 Å². The summed E-state index contributed by atoms with van der Waals surface area (Å²) in [6.07, 6.45) is 18.4. The lowest BCUT2D eigenvalue weighted by atomic mass is 9.89. The number of piperidine rings is 1. The Morgan fingerprint density at radius 3 is 2.53 bits per heavy atom. The molecule has 0 radical (unpaired) electrons. The molecule has 6 rings (SSSR count). The minimum Gasteiger partial charge on any atom is -0.299 e. The fraction of sp³-hybridized carbons (Fsp3) is 0.406. The molecule has 0 amide bonds. The Morgan fingerprint density at radius 1 is 0.921 bits per heavy atom. The third-order valence-electron chi connectivity index (χ3n) is 8.40. The standard InChI is InChI=1S/C32H34F2N4/c1-32(33,34)27-11-14-38(15-12-27)21-22-7-9-23(10-8-22)26-16-29-28-17-31(25-5-3-13-35-18-25)37-19-24(28)4-2-6-30(29)36-20-26/h3,5,7,9,13,16-20,27H,2,4,6,8,10-12,14-15,21H2,1H3. The molecule has 0 spiro atoms. The summed E-state index contributed by atoms with van der Waals surface area (Å²) < 4.78 is 27.3. The van der Waals surface area contributed by atoms with Crippen LogP contribution >= 0.6 is 0 Å². The molecule has 4 heterocycles. The van der Waals surface area contributed by atoms with E-state index in [1.54, 1.807) is 6.20 Å². The van der Waals surface area contributed by atoms with Crippen molar-refractivity contribution in [3.05, 3.63) is 83.6 Å². The highest BCUT2D eigenvalue weighted by atomic mass is 19.3. The van der Waals surface area contributed by atoms with Gasteiger partial charge in [0.2, 0.25) is 5.92 Å². The minimum atomic E-state index is -2.56.